The summed E-state index contributed by atoms with van der Waals surface area (Å²) < 4.78 is 0. The maximum atomic E-state index is 6.06. The van der Waals surface area contributed by atoms with Crippen LogP contribution in [0.25, 0.3) is 11.3 Å². The van der Waals surface area contributed by atoms with Crippen LogP contribution >= 0.6 is 23.2 Å². The minimum atomic E-state index is 0.103. The van der Waals surface area contributed by atoms with Gasteiger partial charge in [-0.2, -0.15) is 4.98 Å². The third-order valence-electron chi connectivity index (χ3n) is 1.99. The molecule has 1 heterocycles. The van der Waals surface area contributed by atoms with Gasteiger partial charge < -0.3 is 11.5 Å². The fourth-order valence-electron chi connectivity index (χ4n) is 1.32. The fourth-order valence-corrected chi connectivity index (χ4v) is 1.72. The summed E-state index contributed by atoms with van der Waals surface area (Å²) in [5.41, 5.74) is 12.3. The topological polar surface area (TPSA) is 77.8 Å². The second-order valence-corrected chi connectivity index (χ2v) is 3.92. The molecule has 4 nitrogen and oxygen atoms in total. The van der Waals surface area contributed by atoms with Gasteiger partial charge in [-0.25, -0.2) is 4.98 Å². The second-order valence-electron chi connectivity index (χ2n) is 3.14. The zero-order valence-corrected chi connectivity index (χ0v) is 9.63. The molecule has 0 saturated carbocycles. The molecule has 2 aromatic rings. The predicted octanol–water partition coefficient (Wildman–Crippen LogP) is 2.61. The Kier molecular flexibility index (Phi) is 2.85. The van der Waals surface area contributed by atoms with Gasteiger partial charge in [-0.15, -0.1) is 0 Å². The van der Waals surface area contributed by atoms with Crippen LogP contribution in [0.2, 0.25) is 10.0 Å². The summed E-state index contributed by atoms with van der Waals surface area (Å²) in [6.07, 6.45) is 0. The van der Waals surface area contributed by atoms with Gasteiger partial charge in [0.2, 0.25) is 5.95 Å². The van der Waals surface area contributed by atoms with Gasteiger partial charge in [0.05, 0.1) is 15.7 Å². The highest BCUT2D eigenvalue weighted by atomic mass is 35.5. The number of nitrogen functional groups attached to an aromatic ring is 2. The molecule has 6 heteroatoms. The first kappa shape index (κ1) is 11.0. The number of hydrogen-bond donors (Lipinski definition) is 2. The Bertz CT molecular complexity index is 522. The van der Waals surface area contributed by atoms with E-state index in [1.807, 2.05) is 0 Å². The van der Waals surface area contributed by atoms with E-state index < -0.39 is 0 Å². The lowest BCUT2D eigenvalue weighted by atomic mass is 10.1. The van der Waals surface area contributed by atoms with Gasteiger partial charge in [0.15, 0.2) is 0 Å². The largest absolute Gasteiger partial charge is 0.384 e. The number of nitrogens with two attached hydrogens (primary N) is 2. The van der Waals surface area contributed by atoms with Gasteiger partial charge in [-0.05, 0) is 6.07 Å². The normalized spacial score (nSPS) is 10.4. The molecule has 82 valence electrons. The third kappa shape index (κ3) is 2.03. The predicted molar refractivity (Wildman–Crippen MR) is 66.3 cm³/mol. The van der Waals surface area contributed by atoms with E-state index in [0.717, 1.165) is 0 Å². The first-order valence-electron chi connectivity index (χ1n) is 4.42. The van der Waals surface area contributed by atoms with Gasteiger partial charge in [0.25, 0.3) is 0 Å². The lowest BCUT2D eigenvalue weighted by Gasteiger charge is -2.06. The van der Waals surface area contributed by atoms with Crippen LogP contribution in [0, 0.1) is 0 Å². The van der Waals surface area contributed by atoms with Crippen LogP contribution in [0.4, 0.5) is 11.8 Å². The average Bonchev–Trinajstić information content (AvgIpc) is 2.20. The number of anilines is 2. The standard InChI is InChI=1S/C10H8Cl2N4/c11-6-3-1-2-5(9(6)12)7-4-8(13)16-10(14)15-7/h1-4H,(H4,13,14,15,16). The van der Waals surface area contributed by atoms with Gasteiger partial charge in [0, 0.05) is 11.6 Å². The van der Waals surface area contributed by atoms with Crippen LogP contribution in [0.5, 0.6) is 0 Å². The number of hydrogen-bond acceptors (Lipinski definition) is 4. The molecule has 0 bridgehead atoms. The second kappa shape index (κ2) is 4.15. The van der Waals surface area contributed by atoms with E-state index in [1.165, 1.54) is 0 Å². The van der Waals surface area contributed by atoms with Crippen molar-refractivity contribution in [2.75, 3.05) is 11.5 Å². The molecular formula is C10H8Cl2N4. The van der Waals surface area contributed by atoms with Crippen molar-refractivity contribution < 1.29 is 0 Å². The van der Waals surface area contributed by atoms with E-state index in [4.69, 9.17) is 34.7 Å². The molecule has 0 spiro atoms. The number of halogens is 2. The van der Waals surface area contributed by atoms with Crippen molar-refractivity contribution in [3.63, 3.8) is 0 Å². The van der Waals surface area contributed by atoms with Crippen LogP contribution in [0.3, 0.4) is 0 Å². The van der Waals surface area contributed by atoms with Crippen molar-refractivity contribution in [1.82, 2.24) is 9.97 Å². The molecule has 0 aliphatic heterocycles. The van der Waals surface area contributed by atoms with Crippen molar-refractivity contribution in [3.8, 4) is 11.3 Å². The summed E-state index contributed by atoms with van der Waals surface area (Å²) >= 11 is 12.0. The number of benzene rings is 1. The number of nitrogens with zero attached hydrogens (tertiary/aromatic N) is 2. The highest BCUT2D eigenvalue weighted by molar-refractivity contribution is 6.43. The Balaban J connectivity index is 2.63. The van der Waals surface area contributed by atoms with E-state index in [-0.39, 0.29) is 5.95 Å². The third-order valence-corrected chi connectivity index (χ3v) is 2.81. The Hall–Kier alpha value is -1.52. The summed E-state index contributed by atoms with van der Waals surface area (Å²) in [6.45, 7) is 0. The molecule has 2 rings (SSSR count). The summed E-state index contributed by atoms with van der Waals surface area (Å²) in [6, 6.07) is 6.85. The zero-order chi connectivity index (χ0) is 11.7. The van der Waals surface area contributed by atoms with Crippen molar-refractivity contribution in [1.29, 1.82) is 0 Å². The molecule has 0 amide bonds. The molecule has 0 atom stereocenters. The van der Waals surface area contributed by atoms with Crippen LogP contribution in [-0.4, -0.2) is 9.97 Å². The summed E-state index contributed by atoms with van der Waals surface area (Å²) in [7, 11) is 0. The monoisotopic (exact) mass is 254 g/mol. The van der Waals surface area contributed by atoms with Crippen LogP contribution in [0.1, 0.15) is 0 Å². The number of rotatable bonds is 1. The van der Waals surface area contributed by atoms with E-state index in [2.05, 4.69) is 9.97 Å². The quantitative estimate of drug-likeness (QED) is 0.820. The average molecular weight is 255 g/mol. The molecule has 0 fully saturated rings. The first-order valence-corrected chi connectivity index (χ1v) is 5.18. The minimum Gasteiger partial charge on any atom is -0.384 e. The zero-order valence-electron chi connectivity index (χ0n) is 8.11. The summed E-state index contributed by atoms with van der Waals surface area (Å²) in [4.78, 5) is 7.83. The van der Waals surface area contributed by atoms with Crippen LogP contribution in [0.15, 0.2) is 24.3 Å². The number of aromatic nitrogens is 2. The van der Waals surface area contributed by atoms with E-state index in [0.29, 0.717) is 27.1 Å². The SMILES string of the molecule is Nc1cc(-c2cccc(Cl)c2Cl)nc(N)n1. The van der Waals surface area contributed by atoms with E-state index >= 15 is 0 Å². The Labute approximate surface area is 102 Å². The Morgan fingerprint density at radius 1 is 1.06 bits per heavy atom. The van der Waals surface area contributed by atoms with Crippen molar-refractivity contribution >= 4 is 35.0 Å². The molecule has 4 N–H and O–H groups in total. The molecular weight excluding hydrogens is 247 g/mol. The van der Waals surface area contributed by atoms with Gasteiger partial charge in [-0.3, -0.25) is 0 Å². The van der Waals surface area contributed by atoms with Gasteiger partial charge in [0.1, 0.15) is 5.82 Å². The molecule has 1 aromatic carbocycles. The Morgan fingerprint density at radius 2 is 1.81 bits per heavy atom. The highest BCUT2D eigenvalue weighted by Crippen LogP contribution is 2.32. The maximum absolute atomic E-state index is 6.06. The van der Waals surface area contributed by atoms with Crippen molar-refractivity contribution in [2.24, 2.45) is 0 Å². The van der Waals surface area contributed by atoms with Gasteiger partial charge >= 0.3 is 0 Å². The minimum absolute atomic E-state index is 0.103. The lowest BCUT2D eigenvalue weighted by molar-refractivity contribution is 1.20. The molecule has 1 aromatic heterocycles. The van der Waals surface area contributed by atoms with Crippen LogP contribution in [-0.2, 0) is 0 Å². The maximum Gasteiger partial charge on any atom is 0.222 e. The fraction of sp³-hybridized carbons (Fsp3) is 0. The van der Waals surface area contributed by atoms with Crippen molar-refractivity contribution in [3.05, 3.63) is 34.3 Å². The first-order chi connectivity index (χ1) is 7.58. The van der Waals surface area contributed by atoms with Crippen LogP contribution < -0.4 is 11.5 Å². The molecule has 0 saturated heterocycles. The molecule has 16 heavy (non-hydrogen) atoms. The smallest absolute Gasteiger partial charge is 0.222 e. The molecule has 0 aliphatic carbocycles. The van der Waals surface area contributed by atoms with Gasteiger partial charge in [-0.1, -0.05) is 35.3 Å². The lowest BCUT2D eigenvalue weighted by Crippen LogP contribution is -2.00. The summed E-state index contributed by atoms with van der Waals surface area (Å²) in [5.74, 6) is 0.393. The summed E-state index contributed by atoms with van der Waals surface area (Å²) in [5, 5.41) is 0.872. The van der Waals surface area contributed by atoms with E-state index in [1.54, 1.807) is 24.3 Å². The van der Waals surface area contributed by atoms with Crippen molar-refractivity contribution in [2.45, 2.75) is 0 Å². The molecule has 0 aliphatic rings. The highest BCUT2D eigenvalue weighted by Gasteiger charge is 2.09. The Morgan fingerprint density at radius 3 is 2.50 bits per heavy atom. The molecule has 0 radical (unpaired) electrons. The van der Waals surface area contributed by atoms with E-state index in [9.17, 15) is 0 Å². The molecule has 0 unspecified atom stereocenters.